The van der Waals surface area contributed by atoms with Crippen LogP contribution in [0.4, 0.5) is 4.79 Å². The molecule has 0 atom stereocenters. The minimum absolute atomic E-state index is 0.203. The predicted octanol–water partition coefficient (Wildman–Crippen LogP) is 3.17. The molecule has 0 aromatic carbocycles. The van der Waals surface area contributed by atoms with Crippen LogP contribution in [0.15, 0.2) is 17.5 Å². The van der Waals surface area contributed by atoms with Gasteiger partial charge in [0.25, 0.3) is 0 Å². The van der Waals surface area contributed by atoms with Crippen molar-refractivity contribution in [1.29, 1.82) is 0 Å². The van der Waals surface area contributed by atoms with Crippen LogP contribution in [0.3, 0.4) is 0 Å². The molecule has 1 fully saturated rings. The summed E-state index contributed by atoms with van der Waals surface area (Å²) in [5.41, 5.74) is 1.04. The van der Waals surface area contributed by atoms with E-state index >= 15 is 0 Å². The zero-order chi connectivity index (χ0) is 13.2. The molecule has 1 aliphatic rings. The SMILES string of the molecule is Cc1ccc(-c2csc(CCN3CCOC3=O)n2)s1. The van der Waals surface area contributed by atoms with E-state index in [0.29, 0.717) is 19.7 Å². The largest absolute Gasteiger partial charge is 0.448 e. The standard InChI is InChI=1S/C13H14N2O2S2/c1-9-2-3-11(19-9)10-8-18-12(14-10)4-5-15-6-7-17-13(15)16/h2-3,8H,4-7H2,1H3. The molecule has 4 nitrogen and oxygen atoms in total. The summed E-state index contributed by atoms with van der Waals surface area (Å²) in [4.78, 5) is 20.2. The van der Waals surface area contributed by atoms with Gasteiger partial charge >= 0.3 is 6.09 Å². The Balaban J connectivity index is 1.63. The number of carbonyl (C=O) groups excluding carboxylic acids is 1. The molecule has 2 aromatic rings. The number of aromatic nitrogens is 1. The second-order valence-corrected chi connectivity index (χ2v) is 6.62. The number of rotatable bonds is 4. The maximum atomic E-state index is 11.3. The first-order chi connectivity index (χ1) is 9.22. The lowest BCUT2D eigenvalue weighted by Gasteiger charge is -2.10. The van der Waals surface area contributed by atoms with Gasteiger partial charge in [-0.25, -0.2) is 9.78 Å². The van der Waals surface area contributed by atoms with Crippen LogP contribution in [0.5, 0.6) is 0 Å². The fourth-order valence-corrected chi connectivity index (χ4v) is 3.66. The topological polar surface area (TPSA) is 42.4 Å². The quantitative estimate of drug-likeness (QED) is 0.870. The van der Waals surface area contributed by atoms with E-state index in [1.807, 2.05) is 0 Å². The monoisotopic (exact) mass is 294 g/mol. The van der Waals surface area contributed by atoms with Crippen LogP contribution < -0.4 is 0 Å². The van der Waals surface area contributed by atoms with Gasteiger partial charge in [-0.2, -0.15) is 0 Å². The molecule has 19 heavy (non-hydrogen) atoms. The molecule has 1 aliphatic heterocycles. The number of carbonyl (C=O) groups is 1. The van der Waals surface area contributed by atoms with Gasteiger partial charge in [-0.1, -0.05) is 0 Å². The smallest absolute Gasteiger partial charge is 0.409 e. The highest BCUT2D eigenvalue weighted by Gasteiger charge is 2.21. The van der Waals surface area contributed by atoms with Gasteiger partial charge in [0.2, 0.25) is 0 Å². The van der Waals surface area contributed by atoms with Crippen molar-refractivity contribution in [3.63, 3.8) is 0 Å². The average molecular weight is 294 g/mol. The molecule has 100 valence electrons. The number of cyclic esters (lactones) is 1. The Bertz CT molecular complexity index is 591. The zero-order valence-electron chi connectivity index (χ0n) is 10.6. The van der Waals surface area contributed by atoms with Crippen LogP contribution in [-0.4, -0.2) is 35.7 Å². The Morgan fingerprint density at radius 1 is 1.47 bits per heavy atom. The fourth-order valence-electron chi connectivity index (χ4n) is 1.97. The van der Waals surface area contributed by atoms with Crippen molar-refractivity contribution in [2.45, 2.75) is 13.3 Å². The molecule has 0 unspecified atom stereocenters. The molecule has 6 heteroatoms. The van der Waals surface area contributed by atoms with Gasteiger partial charge in [0.05, 0.1) is 22.1 Å². The Kier molecular flexibility index (Phi) is 3.52. The summed E-state index contributed by atoms with van der Waals surface area (Å²) < 4.78 is 4.90. The van der Waals surface area contributed by atoms with Crippen molar-refractivity contribution in [2.75, 3.05) is 19.7 Å². The summed E-state index contributed by atoms with van der Waals surface area (Å²) >= 11 is 3.41. The van der Waals surface area contributed by atoms with E-state index in [1.54, 1.807) is 27.6 Å². The van der Waals surface area contributed by atoms with E-state index in [4.69, 9.17) is 4.74 Å². The molecule has 1 amide bonds. The van der Waals surface area contributed by atoms with Gasteiger partial charge in [0.15, 0.2) is 0 Å². The number of nitrogens with zero attached hydrogens (tertiary/aromatic N) is 2. The van der Waals surface area contributed by atoms with Crippen molar-refractivity contribution in [3.8, 4) is 10.6 Å². The number of thiophene rings is 1. The molecular weight excluding hydrogens is 280 g/mol. The second-order valence-electron chi connectivity index (χ2n) is 4.39. The van der Waals surface area contributed by atoms with Crippen molar-refractivity contribution in [3.05, 3.63) is 27.4 Å². The first-order valence-electron chi connectivity index (χ1n) is 6.15. The fraction of sp³-hybridized carbons (Fsp3) is 0.385. The Morgan fingerprint density at radius 3 is 3.05 bits per heavy atom. The lowest BCUT2D eigenvalue weighted by Crippen LogP contribution is -2.26. The Labute approximate surface area is 119 Å². The van der Waals surface area contributed by atoms with Crippen molar-refractivity contribution < 1.29 is 9.53 Å². The van der Waals surface area contributed by atoms with Crippen molar-refractivity contribution in [1.82, 2.24) is 9.88 Å². The number of hydrogen-bond acceptors (Lipinski definition) is 5. The van der Waals surface area contributed by atoms with Gasteiger partial charge in [0, 0.05) is 23.2 Å². The highest BCUT2D eigenvalue weighted by Crippen LogP contribution is 2.28. The van der Waals surface area contributed by atoms with E-state index in [1.165, 1.54) is 9.75 Å². The number of ether oxygens (including phenoxy) is 1. The zero-order valence-corrected chi connectivity index (χ0v) is 12.2. The maximum absolute atomic E-state index is 11.3. The molecule has 0 bridgehead atoms. The summed E-state index contributed by atoms with van der Waals surface area (Å²) in [7, 11) is 0. The normalized spacial score (nSPS) is 15.0. The van der Waals surface area contributed by atoms with E-state index < -0.39 is 0 Å². The minimum Gasteiger partial charge on any atom is -0.448 e. The first-order valence-corrected chi connectivity index (χ1v) is 7.85. The third kappa shape index (κ3) is 2.79. The number of hydrogen-bond donors (Lipinski definition) is 0. The third-order valence-corrected chi connectivity index (χ3v) is 4.92. The molecule has 0 saturated carbocycles. The second kappa shape index (κ2) is 5.30. The average Bonchev–Trinajstić information content (AvgIpc) is 3.08. The maximum Gasteiger partial charge on any atom is 0.409 e. The van der Waals surface area contributed by atoms with Crippen molar-refractivity contribution in [2.24, 2.45) is 0 Å². The van der Waals surface area contributed by atoms with E-state index in [-0.39, 0.29) is 6.09 Å². The molecule has 0 radical (unpaired) electrons. The highest BCUT2D eigenvalue weighted by atomic mass is 32.1. The van der Waals surface area contributed by atoms with E-state index in [0.717, 1.165) is 17.1 Å². The lowest BCUT2D eigenvalue weighted by atomic mass is 10.3. The molecular formula is C13H14N2O2S2. The lowest BCUT2D eigenvalue weighted by molar-refractivity contribution is 0.159. The van der Waals surface area contributed by atoms with Crippen LogP contribution in [-0.2, 0) is 11.2 Å². The third-order valence-electron chi connectivity index (χ3n) is 2.99. The minimum atomic E-state index is -0.203. The highest BCUT2D eigenvalue weighted by molar-refractivity contribution is 7.16. The van der Waals surface area contributed by atoms with E-state index in [9.17, 15) is 4.79 Å². The molecule has 0 N–H and O–H groups in total. The number of aryl methyl sites for hydroxylation is 1. The Morgan fingerprint density at radius 2 is 2.37 bits per heavy atom. The molecule has 0 spiro atoms. The van der Waals surface area contributed by atoms with Gasteiger partial charge < -0.3 is 9.64 Å². The summed E-state index contributed by atoms with van der Waals surface area (Å²) in [6, 6.07) is 4.22. The molecule has 3 rings (SSSR count). The van der Waals surface area contributed by atoms with Crippen LogP contribution in [0, 0.1) is 6.92 Å². The molecule has 2 aromatic heterocycles. The van der Waals surface area contributed by atoms with Gasteiger partial charge in [0.1, 0.15) is 6.61 Å². The van der Waals surface area contributed by atoms with Crippen LogP contribution >= 0.6 is 22.7 Å². The van der Waals surface area contributed by atoms with Crippen LogP contribution in [0.1, 0.15) is 9.88 Å². The summed E-state index contributed by atoms with van der Waals surface area (Å²) in [5, 5.41) is 3.16. The van der Waals surface area contributed by atoms with Gasteiger partial charge in [-0.15, -0.1) is 22.7 Å². The Hall–Kier alpha value is -1.40. The van der Waals surface area contributed by atoms with Crippen molar-refractivity contribution >= 4 is 28.8 Å². The van der Waals surface area contributed by atoms with Gasteiger partial charge in [-0.3, -0.25) is 0 Å². The molecule has 0 aliphatic carbocycles. The van der Waals surface area contributed by atoms with E-state index in [2.05, 4.69) is 29.4 Å². The summed E-state index contributed by atoms with van der Waals surface area (Å²) in [6.07, 6.45) is 0.593. The summed E-state index contributed by atoms with van der Waals surface area (Å²) in [6.45, 7) is 3.99. The number of thiazole rings is 1. The van der Waals surface area contributed by atoms with Crippen LogP contribution in [0.2, 0.25) is 0 Å². The van der Waals surface area contributed by atoms with Crippen LogP contribution in [0.25, 0.3) is 10.6 Å². The molecule has 3 heterocycles. The summed E-state index contributed by atoms with van der Waals surface area (Å²) in [5.74, 6) is 0. The molecule has 1 saturated heterocycles. The van der Waals surface area contributed by atoms with Gasteiger partial charge in [-0.05, 0) is 19.1 Å². The number of amides is 1. The predicted molar refractivity (Wildman–Crippen MR) is 76.8 cm³/mol. The first kappa shape index (κ1) is 12.6.